The van der Waals surface area contributed by atoms with Crippen molar-refractivity contribution in [1.29, 1.82) is 0 Å². The molecule has 2 aromatic rings. The van der Waals surface area contributed by atoms with E-state index in [1.165, 1.54) is 11.3 Å². The highest BCUT2D eigenvalue weighted by atomic mass is 32.1. The summed E-state index contributed by atoms with van der Waals surface area (Å²) in [5.74, 6) is -0.879. The fourth-order valence-corrected chi connectivity index (χ4v) is 5.69. The van der Waals surface area contributed by atoms with Gasteiger partial charge in [0.15, 0.2) is 10.8 Å². The van der Waals surface area contributed by atoms with Crippen LogP contribution in [0.5, 0.6) is 0 Å². The van der Waals surface area contributed by atoms with Crippen molar-refractivity contribution in [3.05, 3.63) is 46.5 Å². The van der Waals surface area contributed by atoms with E-state index in [0.29, 0.717) is 24.6 Å². The van der Waals surface area contributed by atoms with Crippen LogP contribution in [0.1, 0.15) is 60.0 Å². The summed E-state index contributed by atoms with van der Waals surface area (Å²) < 4.78 is 5.13. The number of benzene rings is 1. The Kier molecular flexibility index (Phi) is 7.42. The molecule has 1 unspecified atom stereocenters. The maximum absolute atomic E-state index is 13.7. The highest BCUT2D eigenvalue weighted by Crippen LogP contribution is 2.33. The lowest BCUT2D eigenvalue weighted by molar-refractivity contribution is -0.130. The van der Waals surface area contributed by atoms with Crippen LogP contribution < -0.4 is 4.90 Å². The van der Waals surface area contributed by atoms with Gasteiger partial charge in [0.05, 0.1) is 12.5 Å². The van der Waals surface area contributed by atoms with E-state index < -0.39 is 5.97 Å². The van der Waals surface area contributed by atoms with Gasteiger partial charge >= 0.3 is 5.97 Å². The fourth-order valence-electron chi connectivity index (χ4n) is 4.76. The predicted octanol–water partition coefficient (Wildman–Crippen LogP) is 4.00. The van der Waals surface area contributed by atoms with Crippen LogP contribution in [0.4, 0.5) is 5.13 Å². The summed E-state index contributed by atoms with van der Waals surface area (Å²) in [6.07, 6.45) is 5.24. The van der Waals surface area contributed by atoms with E-state index >= 15 is 0 Å². The number of hydrogen-bond donors (Lipinski definition) is 0. The first-order chi connectivity index (χ1) is 16.0. The SMILES string of the molecule is CCOC(=O)c1nc(N(CCc2ccccc2)C(=O)C2CC(=O)N(C3CCCC3)C2)sc1C. The zero-order valence-electron chi connectivity index (χ0n) is 19.3. The normalized spacial score (nSPS) is 18.7. The number of anilines is 1. The maximum atomic E-state index is 13.7. The van der Waals surface area contributed by atoms with Gasteiger partial charge in [0.1, 0.15) is 0 Å². The number of aromatic nitrogens is 1. The van der Waals surface area contributed by atoms with Crippen molar-refractivity contribution in [2.75, 3.05) is 24.6 Å². The Balaban J connectivity index is 1.56. The van der Waals surface area contributed by atoms with Crippen molar-refractivity contribution in [1.82, 2.24) is 9.88 Å². The van der Waals surface area contributed by atoms with Crippen LogP contribution in [0, 0.1) is 12.8 Å². The molecule has 1 aliphatic carbocycles. The number of hydrogen-bond acceptors (Lipinski definition) is 6. The van der Waals surface area contributed by atoms with Gasteiger partial charge in [0.2, 0.25) is 11.8 Å². The second kappa shape index (κ2) is 10.5. The molecule has 1 aliphatic heterocycles. The summed E-state index contributed by atoms with van der Waals surface area (Å²) in [6, 6.07) is 10.2. The van der Waals surface area contributed by atoms with Gasteiger partial charge < -0.3 is 9.64 Å². The second-order valence-electron chi connectivity index (χ2n) is 8.73. The molecule has 1 atom stereocenters. The van der Waals surface area contributed by atoms with Gasteiger partial charge in [-0.1, -0.05) is 43.2 Å². The second-order valence-corrected chi connectivity index (χ2v) is 9.91. The number of nitrogens with zero attached hydrogens (tertiary/aromatic N) is 3. The lowest BCUT2D eigenvalue weighted by Crippen LogP contribution is -2.40. The molecular weight excluding hydrogens is 438 g/mol. The van der Waals surface area contributed by atoms with Gasteiger partial charge in [-0.2, -0.15) is 0 Å². The summed E-state index contributed by atoms with van der Waals surface area (Å²) in [5.41, 5.74) is 1.37. The number of thiazole rings is 1. The predicted molar refractivity (Wildman–Crippen MR) is 127 cm³/mol. The lowest BCUT2D eigenvalue weighted by Gasteiger charge is -2.26. The third-order valence-electron chi connectivity index (χ3n) is 6.49. The van der Waals surface area contributed by atoms with Crippen molar-refractivity contribution in [3.63, 3.8) is 0 Å². The van der Waals surface area contributed by atoms with Gasteiger partial charge in [-0.3, -0.25) is 14.5 Å². The highest BCUT2D eigenvalue weighted by Gasteiger charge is 2.41. The van der Waals surface area contributed by atoms with Crippen LogP contribution in [0.3, 0.4) is 0 Å². The molecule has 7 nitrogen and oxygen atoms in total. The standard InChI is InChI=1S/C25H31N3O4S/c1-3-32-24(31)22-17(2)33-25(26-22)27(14-13-18-9-5-4-6-10-18)23(30)19-15-21(29)28(16-19)20-11-7-8-12-20/h4-6,9-10,19-20H,3,7-8,11-16H2,1-2H3. The molecule has 1 saturated carbocycles. The van der Waals surface area contributed by atoms with Gasteiger partial charge in [-0.15, -0.1) is 11.3 Å². The number of likely N-dealkylation sites (tertiary alicyclic amines) is 1. The van der Waals surface area contributed by atoms with Crippen molar-refractivity contribution in [2.45, 2.75) is 58.4 Å². The summed E-state index contributed by atoms with van der Waals surface area (Å²) in [5, 5.41) is 0.489. The van der Waals surface area contributed by atoms with E-state index in [2.05, 4.69) is 4.98 Å². The molecule has 176 valence electrons. The molecule has 0 N–H and O–H groups in total. The Bertz CT molecular complexity index is 1000. The number of carbonyl (C=O) groups excluding carboxylic acids is 3. The number of rotatable bonds is 8. The number of aryl methyl sites for hydroxylation is 1. The van der Waals surface area contributed by atoms with Gasteiger partial charge in [0, 0.05) is 30.4 Å². The van der Waals surface area contributed by atoms with E-state index in [0.717, 1.165) is 36.1 Å². The Hall–Kier alpha value is -2.74. The minimum atomic E-state index is -0.476. The molecule has 0 radical (unpaired) electrons. The average Bonchev–Trinajstić information content (AvgIpc) is 3.55. The Morgan fingerprint density at radius 2 is 1.94 bits per heavy atom. The fraction of sp³-hybridized carbons (Fsp3) is 0.520. The van der Waals surface area contributed by atoms with Crippen molar-refractivity contribution in [2.24, 2.45) is 5.92 Å². The molecule has 1 saturated heterocycles. The average molecular weight is 470 g/mol. The molecule has 0 bridgehead atoms. The third-order valence-corrected chi connectivity index (χ3v) is 7.48. The maximum Gasteiger partial charge on any atom is 0.358 e. The molecule has 2 heterocycles. The first-order valence-corrected chi connectivity index (χ1v) is 12.6. The molecule has 33 heavy (non-hydrogen) atoms. The van der Waals surface area contributed by atoms with E-state index in [-0.39, 0.29) is 42.5 Å². The molecule has 2 amide bonds. The minimum Gasteiger partial charge on any atom is -0.461 e. The smallest absolute Gasteiger partial charge is 0.358 e. The van der Waals surface area contributed by atoms with E-state index in [1.54, 1.807) is 11.8 Å². The van der Waals surface area contributed by atoms with Crippen LogP contribution in [-0.2, 0) is 20.7 Å². The van der Waals surface area contributed by atoms with Gasteiger partial charge in [-0.25, -0.2) is 9.78 Å². The first kappa shape index (κ1) is 23.4. The van der Waals surface area contributed by atoms with Gasteiger partial charge in [-0.05, 0) is 38.7 Å². The topological polar surface area (TPSA) is 79.8 Å². The Morgan fingerprint density at radius 1 is 1.21 bits per heavy atom. The van der Waals surface area contributed by atoms with Crippen LogP contribution >= 0.6 is 11.3 Å². The molecule has 2 fully saturated rings. The van der Waals surface area contributed by atoms with Gasteiger partial charge in [0.25, 0.3) is 0 Å². The van der Waals surface area contributed by atoms with Crippen molar-refractivity contribution in [3.8, 4) is 0 Å². The van der Waals surface area contributed by atoms with Crippen LogP contribution in [0.25, 0.3) is 0 Å². The number of ether oxygens (including phenoxy) is 1. The van der Waals surface area contributed by atoms with Crippen molar-refractivity contribution >= 4 is 34.3 Å². The molecule has 1 aromatic carbocycles. The highest BCUT2D eigenvalue weighted by molar-refractivity contribution is 7.16. The Morgan fingerprint density at radius 3 is 2.64 bits per heavy atom. The van der Waals surface area contributed by atoms with E-state index in [9.17, 15) is 14.4 Å². The molecule has 2 aliphatic rings. The molecule has 0 spiro atoms. The quantitative estimate of drug-likeness (QED) is 0.546. The first-order valence-electron chi connectivity index (χ1n) is 11.8. The third kappa shape index (κ3) is 5.27. The molecule has 4 rings (SSSR count). The number of esters is 1. The van der Waals surface area contributed by atoms with Crippen LogP contribution in [0.15, 0.2) is 30.3 Å². The van der Waals surface area contributed by atoms with Crippen LogP contribution in [-0.4, -0.2) is 53.4 Å². The minimum absolute atomic E-state index is 0.0748. The summed E-state index contributed by atoms with van der Waals surface area (Å²) in [6.45, 7) is 4.74. The lowest BCUT2D eigenvalue weighted by atomic mass is 10.1. The summed E-state index contributed by atoms with van der Waals surface area (Å²) >= 11 is 1.32. The molecular formula is C25H31N3O4S. The zero-order chi connectivity index (χ0) is 23.4. The largest absolute Gasteiger partial charge is 0.461 e. The van der Waals surface area contributed by atoms with E-state index in [4.69, 9.17) is 4.74 Å². The van der Waals surface area contributed by atoms with E-state index in [1.807, 2.05) is 42.2 Å². The molecule has 8 heteroatoms. The van der Waals surface area contributed by atoms with Crippen LogP contribution in [0.2, 0.25) is 0 Å². The monoisotopic (exact) mass is 469 g/mol. The summed E-state index contributed by atoms with van der Waals surface area (Å²) in [4.78, 5) is 47.5. The van der Waals surface area contributed by atoms with Crippen molar-refractivity contribution < 1.29 is 19.1 Å². The number of carbonyl (C=O) groups is 3. The Labute approximate surface area is 198 Å². The summed E-state index contributed by atoms with van der Waals surface area (Å²) in [7, 11) is 0. The molecule has 1 aromatic heterocycles. The number of amides is 2. The zero-order valence-corrected chi connectivity index (χ0v) is 20.1.